The van der Waals surface area contributed by atoms with Crippen LogP contribution in [0.2, 0.25) is 0 Å². The molecule has 0 rings (SSSR count). The molecule has 0 saturated heterocycles. The second kappa shape index (κ2) is 16.8. The molecule has 5 nitrogen and oxygen atoms in total. The van der Waals surface area contributed by atoms with Crippen molar-refractivity contribution in [3.63, 3.8) is 0 Å². The molecule has 0 fully saturated rings. The Morgan fingerprint density at radius 1 is 0.963 bits per heavy atom. The van der Waals surface area contributed by atoms with E-state index in [1.807, 2.05) is 16.9 Å². The summed E-state index contributed by atoms with van der Waals surface area (Å²) in [5, 5.41) is 9.90. The van der Waals surface area contributed by atoms with Crippen LogP contribution >= 0.6 is 0 Å². The zero-order valence-electron chi connectivity index (χ0n) is 16.9. The van der Waals surface area contributed by atoms with E-state index in [0.29, 0.717) is 6.42 Å². The minimum atomic E-state index is -3.45. The minimum absolute atomic E-state index is 0.207. The fourth-order valence-electron chi connectivity index (χ4n) is 2.43. The van der Waals surface area contributed by atoms with Crippen LogP contribution in [0.3, 0.4) is 0 Å². The maximum Gasteiger partial charge on any atom is 0.233 e. The van der Waals surface area contributed by atoms with Gasteiger partial charge in [-0.1, -0.05) is 56.2 Å². The standard InChI is InChI=1S/C21H37NO4S/c1-3-4-5-6-11-14-17-20(23)18-15-12-9-7-8-10-13-16-19-21(24)22-27(2,25)26/h8-12,14,20,23H,3-7,13,15-19H2,1-2H3,(H,22,24)/b10-8-,12-9-,14-11-/t20-/m1/s1. The molecule has 0 spiro atoms. The fraction of sp³-hybridized carbons (Fsp3) is 0.667. The lowest BCUT2D eigenvalue weighted by atomic mass is 10.1. The highest BCUT2D eigenvalue weighted by molar-refractivity contribution is 7.89. The van der Waals surface area contributed by atoms with Crippen LogP contribution in [0.4, 0.5) is 0 Å². The van der Waals surface area contributed by atoms with Gasteiger partial charge in [0.1, 0.15) is 0 Å². The van der Waals surface area contributed by atoms with E-state index in [0.717, 1.165) is 44.8 Å². The number of hydrogen-bond acceptors (Lipinski definition) is 4. The van der Waals surface area contributed by atoms with Crippen LogP contribution in [0.15, 0.2) is 36.5 Å². The van der Waals surface area contributed by atoms with Crippen molar-refractivity contribution in [2.45, 2.75) is 83.7 Å². The van der Waals surface area contributed by atoms with Crippen molar-refractivity contribution < 1.29 is 18.3 Å². The van der Waals surface area contributed by atoms with Gasteiger partial charge in [-0.3, -0.25) is 9.52 Å². The van der Waals surface area contributed by atoms with E-state index in [9.17, 15) is 18.3 Å². The van der Waals surface area contributed by atoms with Gasteiger partial charge < -0.3 is 5.11 Å². The van der Waals surface area contributed by atoms with Gasteiger partial charge in [-0.2, -0.15) is 0 Å². The summed E-state index contributed by atoms with van der Waals surface area (Å²) >= 11 is 0. The molecule has 0 bridgehead atoms. The molecule has 0 aromatic heterocycles. The zero-order chi connectivity index (χ0) is 20.4. The molecule has 156 valence electrons. The first-order valence-corrected chi connectivity index (χ1v) is 11.9. The Bertz CT molecular complexity index is 565. The predicted octanol–water partition coefficient (Wildman–Crippen LogP) is 4.40. The smallest absolute Gasteiger partial charge is 0.233 e. The van der Waals surface area contributed by atoms with Gasteiger partial charge in [0, 0.05) is 6.42 Å². The number of carbonyl (C=O) groups excluding carboxylic acids is 1. The van der Waals surface area contributed by atoms with E-state index in [4.69, 9.17) is 0 Å². The maximum atomic E-state index is 11.3. The number of amides is 1. The summed E-state index contributed by atoms with van der Waals surface area (Å²) in [4.78, 5) is 11.3. The van der Waals surface area contributed by atoms with Gasteiger partial charge in [0.15, 0.2) is 0 Å². The molecule has 0 aromatic rings. The maximum absolute atomic E-state index is 11.3. The Balaban J connectivity index is 3.60. The number of aliphatic hydroxyl groups is 1. The van der Waals surface area contributed by atoms with Crippen molar-refractivity contribution in [3.05, 3.63) is 36.5 Å². The van der Waals surface area contributed by atoms with Gasteiger partial charge in [-0.15, -0.1) is 0 Å². The number of rotatable bonds is 16. The lowest BCUT2D eigenvalue weighted by Gasteiger charge is -2.05. The van der Waals surface area contributed by atoms with Gasteiger partial charge in [-0.25, -0.2) is 8.42 Å². The molecule has 27 heavy (non-hydrogen) atoms. The van der Waals surface area contributed by atoms with Crippen molar-refractivity contribution in [1.29, 1.82) is 0 Å². The van der Waals surface area contributed by atoms with Gasteiger partial charge in [-0.05, 0) is 51.4 Å². The zero-order valence-corrected chi connectivity index (χ0v) is 17.7. The number of carbonyl (C=O) groups is 1. The molecule has 0 saturated carbocycles. The van der Waals surface area contributed by atoms with Crippen molar-refractivity contribution in [2.75, 3.05) is 6.26 Å². The quantitative estimate of drug-likeness (QED) is 0.298. The molecule has 2 N–H and O–H groups in total. The van der Waals surface area contributed by atoms with Crippen LogP contribution in [-0.4, -0.2) is 31.8 Å². The average molecular weight is 400 g/mol. The van der Waals surface area contributed by atoms with E-state index in [2.05, 4.69) is 31.2 Å². The number of allylic oxidation sites excluding steroid dienone is 5. The molecule has 0 aliphatic rings. The number of aliphatic hydroxyl groups excluding tert-OH is 1. The number of hydrogen-bond donors (Lipinski definition) is 2. The molecule has 0 unspecified atom stereocenters. The molecular formula is C21H37NO4S. The van der Waals surface area contributed by atoms with Gasteiger partial charge in [0.2, 0.25) is 15.9 Å². The van der Waals surface area contributed by atoms with Crippen LogP contribution in [-0.2, 0) is 14.8 Å². The molecule has 0 radical (unpaired) electrons. The monoisotopic (exact) mass is 399 g/mol. The van der Waals surface area contributed by atoms with Crippen molar-refractivity contribution in [3.8, 4) is 0 Å². The molecule has 6 heteroatoms. The third-order valence-electron chi connectivity index (χ3n) is 3.90. The fourth-order valence-corrected chi connectivity index (χ4v) is 2.95. The largest absolute Gasteiger partial charge is 0.393 e. The summed E-state index contributed by atoms with van der Waals surface area (Å²) in [5.41, 5.74) is 0. The molecule has 1 atom stereocenters. The lowest BCUT2D eigenvalue weighted by Crippen LogP contribution is -2.28. The first-order chi connectivity index (χ1) is 12.8. The second-order valence-corrected chi connectivity index (χ2v) is 8.55. The third-order valence-corrected chi connectivity index (χ3v) is 4.49. The number of sulfonamides is 1. The van der Waals surface area contributed by atoms with Gasteiger partial charge in [0.05, 0.1) is 12.4 Å². The Hall–Kier alpha value is -1.40. The SMILES string of the molecule is CCCCC/C=C\C[C@@H](O)CC/C=C\C/C=C\CCCC(=O)NS(C)(=O)=O. The van der Waals surface area contributed by atoms with Crippen LogP contribution in [0, 0.1) is 0 Å². The first-order valence-electron chi connectivity index (χ1n) is 9.98. The van der Waals surface area contributed by atoms with Crippen LogP contribution in [0.5, 0.6) is 0 Å². The molecule has 1 amide bonds. The van der Waals surface area contributed by atoms with Crippen LogP contribution < -0.4 is 4.72 Å². The third kappa shape index (κ3) is 20.8. The summed E-state index contributed by atoms with van der Waals surface area (Å²) in [6.07, 6.45) is 22.7. The Morgan fingerprint density at radius 3 is 2.26 bits per heavy atom. The first kappa shape index (κ1) is 25.6. The predicted molar refractivity (Wildman–Crippen MR) is 113 cm³/mol. The highest BCUT2D eigenvalue weighted by Gasteiger charge is 2.06. The van der Waals surface area contributed by atoms with Crippen LogP contribution in [0.1, 0.15) is 77.6 Å². The lowest BCUT2D eigenvalue weighted by molar-refractivity contribution is -0.119. The van der Waals surface area contributed by atoms with Crippen molar-refractivity contribution in [1.82, 2.24) is 4.72 Å². The highest BCUT2D eigenvalue weighted by Crippen LogP contribution is 2.06. The van der Waals surface area contributed by atoms with E-state index < -0.39 is 15.9 Å². The topological polar surface area (TPSA) is 83.5 Å². The van der Waals surface area contributed by atoms with Gasteiger partial charge >= 0.3 is 0 Å². The average Bonchev–Trinajstić information content (AvgIpc) is 2.58. The number of nitrogens with one attached hydrogen (secondary N) is 1. The molecular weight excluding hydrogens is 362 g/mol. The Kier molecular flexibility index (Phi) is 15.9. The summed E-state index contributed by atoms with van der Waals surface area (Å²) in [6, 6.07) is 0. The van der Waals surface area contributed by atoms with Crippen LogP contribution in [0.25, 0.3) is 0 Å². The van der Waals surface area contributed by atoms with Gasteiger partial charge in [0.25, 0.3) is 0 Å². The normalized spacial score (nSPS) is 13.7. The Morgan fingerprint density at radius 2 is 1.59 bits per heavy atom. The summed E-state index contributed by atoms with van der Waals surface area (Å²) in [7, 11) is -3.45. The minimum Gasteiger partial charge on any atom is -0.393 e. The van der Waals surface area contributed by atoms with E-state index in [-0.39, 0.29) is 12.5 Å². The summed E-state index contributed by atoms with van der Waals surface area (Å²) in [5.74, 6) is -0.458. The molecule has 0 aromatic carbocycles. The molecule has 0 aliphatic heterocycles. The highest BCUT2D eigenvalue weighted by atomic mass is 32.2. The number of unbranched alkanes of at least 4 members (excludes halogenated alkanes) is 4. The second-order valence-electron chi connectivity index (χ2n) is 6.80. The van der Waals surface area contributed by atoms with E-state index >= 15 is 0 Å². The van der Waals surface area contributed by atoms with E-state index in [1.165, 1.54) is 19.3 Å². The van der Waals surface area contributed by atoms with Crippen molar-refractivity contribution in [2.24, 2.45) is 0 Å². The summed E-state index contributed by atoms with van der Waals surface area (Å²) < 4.78 is 23.7. The van der Waals surface area contributed by atoms with E-state index in [1.54, 1.807) is 0 Å². The Labute approximate surface area is 165 Å². The molecule has 0 aliphatic carbocycles. The summed E-state index contributed by atoms with van der Waals surface area (Å²) in [6.45, 7) is 2.20. The van der Waals surface area contributed by atoms with Crippen molar-refractivity contribution >= 4 is 15.9 Å². The molecule has 0 heterocycles.